The first kappa shape index (κ1) is 18.3. The van der Waals surface area contributed by atoms with E-state index < -0.39 is 11.6 Å². The molecule has 2 heterocycles. The van der Waals surface area contributed by atoms with Crippen LogP contribution >= 0.6 is 0 Å². The quantitative estimate of drug-likeness (QED) is 0.552. The first-order valence-corrected chi connectivity index (χ1v) is 9.22. The van der Waals surface area contributed by atoms with Crippen molar-refractivity contribution in [2.45, 2.75) is 26.4 Å². The molecule has 6 heteroatoms. The maximum atomic E-state index is 12.5. The zero-order valence-corrected chi connectivity index (χ0v) is 15.9. The summed E-state index contributed by atoms with van der Waals surface area (Å²) >= 11 is 0. The van der Waals surface area contributed by atoms with Crippen molar-refractivity contribution in [2.24, 2.45) is 0 Å². The summed E-state index contributed by atoms with van der Waals surface area (Å²) in [5.41, 5.74) is 3.24. The molecule has 144 valence electrons. The van der Waals surface area contributed by atoms with E-state index in [4.69, 9.17) is 13.9 Å². The van der Waals surface area contributed by atoms with Gasteiger partial charge in [-0.05, 0) is 24.6 Å². The van der Waals surface area contributed by atoms with Gasteiger partial charge in [-0.2, -0.15) is 0 Å². The number of hydrogen-bond acceptors (Lipinski definition) is 5. The lowest BCUT2D eigenvalue weighted by Gasteiger charge is -2.26. The first-order valence-electron chi connectivity index (χ1n) is 9.22. The van der Waals surface area contributed by atoms with Crippen LogP contribution in [0.1, 0.15) is 22.3 Å². The molecule has 4 rings (SSSR count). The maximum Gasteiger partial charge on any atom is 0.340 e. The Morgan fingerprint density at radius 2 is 1.96 bits per heavy atom. The lowest BCUT2D eigenvalue weighted by molar-refractivity contribution is -0.945. The van der Waals surface area contributed by atoms with E-state index in [9.17, 15) is 9.59 Å². The number of methoxy groups -OCH3 is 1. The number of ether oxygens (including phenoxy) is 2. The molecule has 28 heavy (non-hydrogen) atoms. The number of carbonyl (C=O) groups excluding carboxylic acids is 1. The Bertz CT molecular complexity index is 1090. The second-order valence-electron chi connectivity index (χ2n) is 7.04. The second-order valence-corrected chi connectivity index (χ2v) is 7.04. The number of rotatable bonds is 4. The van der Waals surface area contributed by atoms with Crippen LogP contribution in [0.15, 0.2) is 51.7 Å². The smallest absolute Gasteiger partial charge is 0.340 e. The van der Waals surface area contributed by atoms with Gasteiger partial charge in [-0.1, -0.05) is 30.3 Å². The number of quaternary nitrogens is 1. The Hall–Kier alpha value is -3.12. The Kier molecular flexibility index (Phi) is 4.88. The summed E-state index contributed by atoms with van der Waals surface area (Å²) in [4.78, 5) is 25.4. The molecule has 2 aromatic carbocycles. The Morgan fingerprint density at radius 1 is 1.18 bits per heavy atom. The van der Waals surface area contributed by atoms with Crippen molar-refractivity contribution in [2.75, 3.05) is 13.8 Å². The van der Waals surface area contributed by atoms with E-state index in [0.29, 0.717) is 24.4 Å². The molecule has 0 amide bonds. The summed E-state index contributed by atoms with van der Waals surface area (Å²) in [7, 11) is 1.30. The molecule has 1 aliphatic heterocycles. The molecule has 0 spiro atoms. The summed E-state index contributed by atoms with van der Waals surface area (Å²) in [5, 5.41) is 0.821. The fourth-order valence-electron chi connectivity index (χ4n) is 3.69. The number of aryl methyl sites for hydroxylation is 1. The van der Waals surface area contributed by atoms with Crippen molar-refractivity contribution < 1.29 is 23.6 Å². The number of esters is 1. The SMILES string of the molecule is COC(=O)Cc1c(C)c2ccc3c(c2oc1=O)C[NH+](Cc1ccccc1)CO3. The van der Waals surface area contributed by atoms with Gasteiger partial charge in [0.05, 0.1) is 24.7 Å². The third kappa shape index (κ3) is 3.39. The van der Waals surface area contributed by atoms with E-state index in [1.54, 1.807) is 0 Å². The summed E-state index contributed by atoms with van der Waals surface area (Å²) < 4.78 is 16.3. The van der Waals surface area contributed by atoms with Gasteiger partial charge in [-0.15, -0.1) is 0 Å². The van der Waals surface area contributed by atoms with Gasteiger partial charge in [0, 0.05) is 10.9 Å². The third-order valence-electron chi connectivity index (χ3n) is 5.22. The molecule has 0 bridgehead atoms. The topological polar surface area (TPSA) is 70.2 Å². The highest BCUT2D eigenvalue weighted by Gasteiger charge is 2.26. The van der Waals surface area contributed by atoms with Crippen LogP contribution in [0.3, 0.4) is 0 Å². The van der Waals surface area contributed by atoms with E-state index >= 15 is 0 Å². The molecule has 6 nitrogen and oxygen atoms in total. The number of nitrogens with one attached hydrogen (secondary N) is 1. The van der Waals surface area contributed by atoms with Crippen molar-refractivity contribution >= 4 is 16.9 Å². The van der Waals surface area contributed by atoms with Gasteiger partial charge in [0.15, 0.2) is 5.58 Å². The Morgan fingerprint density at radius 3 is 2.71 bits per heavy atom. The lowest BCUT2D eigenvalue weighted by atomic mass is 10.00. The zero-order valence-electron chi connectivity index (χ0n) is 15.9. The van der Waals surface area contributed by atoms with Crippen LogP contribution in [0.2, 0.25) is 0 Å². The number of hydrogen-bond donors (Lipinski definition) is 1. The normalized spacial score (nSPS) is 15.7. The van der Waals surface area contributed by atoms with Gasteiger partial charge in [-0.25, -0.2) is 4.79 Å². The largest absolute Gasteiger partial charge is 0.469 e. The molecule has 1 atom stereocenters. The molecular weight excluding hydrogens is 358 g/mol. The molecule has 0 saturated heterocycles. The van der Waals surface area contributed by atoms with Gasteiger partial charge in [0.1, 0.15) is 18.8 Å². The Balaban J connectivity index is 1.72. The van der Waals surface area contributed by atoms with Crippen molar-refractivity contribution in [1.82, 2.24) is 0 Å². The summed E-state index contributed by atoms with van der Waals surface area (Å²) in [5.74, 6) is 0.280. The minimum absolute atomic E-state index is 0.0976. The summed E-state index contributed by atoms with van der Waals surface area (Å²) in [6.07, 6.45) is -0.0976. The number of benzene rings is 2. The molecule has 1 unspecified atom stereocenters. The molecule has 1 aliphatic rings. The molecule has 3 aromatic rings. The fraction of sp³-hybridized carbons (Fsp3) is 0.273. The zero-order chi connectivity index (χ0) is 19.7. The Labute approximate surface area is 162 Å². The summed E-state index contributed by atoms with van der Waals surface area (Å²) in [6.45, 7) is 3.90. The monoisotopic (exact) mass is 380 g/mol. The predicted octanol–water partition coefficient (Wildman–Crippen LogP) is 1.75. The van der Waals surface area contributed by atoms with E-state index in [-0.39, 0.29) is 6.42 Å². The van der Waals surface area contributed by atoms with Crippen molar-refractivity contribution in [3.8, 4) is 5.75 Å². The molecule has 0 fully saturated rings. The van der Waals surface area contributed by atoms with Gasteiger partial charge >= 0.3 is 11.6 Å². The first-order chi connectivity index (χ1) is 13.6. The van der Waals surface area contributed by atoms with E-state index in [2.05, 4.69) is 12.1 Å². The van der Waals surface area contributed by atoms with Crippen LogP contribution in [-0.4, -0.2) is 19.8 Å². The number of carbonyl (C=O) groups is 1. The van der Waals surface area contributed by atoms with Crippen molar-refractivity contribution in [1.29, 1.82) is 0 Å². The molecule has 0 radical (unpaired) electrons. The third-order valence-corrected chi connectivity index (χ3v) is 5.22. The van der Waals surface area contributed by atoms with Crippen LogP contribution < -0.4 is 15.3 Å². The van der Waals surface area contributed by atoms with Crippen LogP contribution in [0.4, 0.5) is 0 Å². The van der Waals surface area contributed by atoms with Crippen LogP contribution in [0.5, 0.6) is 5.75 Å². The predicted molar refractivity (Wildman–Crippen MR) is 103 cm³/mol. The molecule has 1 N–H and O–H groups in total. The fourth-order valence-corrected chi connectivity index (χ4v) is 3.69. The molecular formula is C22H22NO5+. The summed E-state index contributed by atoms with van der Waals surface area (Å²) in [6, 6.07) is 14.0. The highest BCUT2D eigenvalue weighted by Crippen LogP contribution is 2.31. The van der Waals surface area contributed by atoms with Gasteiger partial charge in [0.25, 0.3) is 0 Å². The lowest BCUT2D eigenvalue weighted by Crippen LogP contribution is -3.10. The van der Waals surface area contributed by atoms with Gasteiger partial charge < -0.3 is 13.9 Å². The van der Waals surface area contributed by atoms with Crippen LogP contribution in [-0.2, 0) is 29.0 Å². The van der Waals surface area contributed by atoms with Crippen LogP contribution in [0, 0.1) is 6.92 Å². The molecule has 1 aromatic heterocycles. The van der Waals surface area contributed by atoms with Crippen molar-refractivity contribution in [3.05, 3.63) is 75.1 Å². The minimum atomic E-state index is -0.501. The number of fused-ring (bicyclic) bond motifs is 3. The van der Waals surface area contributed by atoms with E-state index in [1.165, 1.54) is 17.6 Å². The molecule has 0 aliphatic carbocycles. The average molecular weight is 380 g/mol. The van der Waals surface area contributed by atoms with E-state index in [1.807, 2.05) is 37.3 Å². The second kappa shape index (κ2) is 7.48. The minimum Gasteiger partial charge on any atom is -0.469 e. The van der Waals surface area contributed by atoms with E-state index in [0.717, 1.165) is 28.8 Å². The standard InChI is InChI=1S/C22H21NO5/c1-14-16-8-9-19-18(21(16)28-22(25)17(14)10-20(24)26-2)12-23(13-27-19)11-15-6-4-3-5-7-15/h3-9H,10-13H2,1-2H3/p+1. The van der Waals surface area contributed by atoms with Gasteiger partial charge in [0.2, 0.25) is 6.73 Å². The van der Waals surface area contributed by atoms with Gasteiger partial charge in [-0.3, -0.25) is 9.69 Å². The van der Waals surface area contributed by atoms with Crippen molar-refractivity contribution in [3.63, 3.8) is 0 Å². The molecule has 0 saturated carbocycles. The highest BCUT2D eigenvalue weighted by atomic mass is 16.5. The highest BCUT2D eigenvalue weighted by molar-refractivity contribution is 5.87. The van der Waals surface area contributed by atoms with Crippen LogP contribution in [0.25, 0.3) is 11.0 Å². The maximum absolute atomic E-state index is 12.5. The average Bonchev–Trinajstić information content (AvgIpc) is 2.71.